The minimum Gasteiger partial charge on any atom is -0.342 e. The van der Waals surface area contributed by atoms with E-state index in [0.29, 0.717) is 19.4 Å². The van der Waals surface area contributed by atoms with E-state index in [9.17, 15) is 9.59 Å². The molecule has 1 atom stereocenters. The summed E-state index contributed by atoms with van der Waals surface area (Å²) in [6, 6.07) is 2.47. The topological polar surface area (TPSA) is 85.1 Å². The fourth-order valence-corrected chi connectivity index (χ4v) is 1.48. The molecule has 1 aromatic heterocycles. The predicted octanol–water partition coefficient (Wildman–Crippen LogP) is 0.682. The van der Waals surface area contributed by atoms with Crippen molar-refractivity contribution in [2.45, 2.75) is 18.9 Å². The standard InChI is InChI=1S/C11H13ClN3O2/c12-10-9(4-2-6-14-10)11(17)15-8(7-16)3-1-5-13/h2,4,6,8H,1,3,5,13H2,(H,15,17)/t8-/m1/s1. The van der Waals surface area contributed by atoms with Gasteiger partial charge >= 0.3 is 0 Å². The third-order valence-corrected chi connectivity index (χ3v) is 2.45. The smallest absolute Gasteiger partial charge is 0.255 e. The third kappa shape index (κ3) is 4.13. The van der Waals surface area contributed by atoms with Crippen molar-refractivity contribution in [1.82, 2.24) is 10.3 Å². The van der Waals surface area contributed by atoms with Crippen LogP contribution in [0.15, 0.2) is 18.3 Å². The van der Waals surface area contributed by atoms with Crippen molar-refractivity contribution in [3.05, 3.63) is 29.0 Å². The summed E-state index contributed by atoms with van der Waals surface area (Å²) in [5, 5.41) is 2.62. The van der Waals surface area contributed by atoms with Gasteiger partial charge in [0.1, 0.15) is 5.15 Å². The number of rotatable bonds is 6. The van der Waals surface area contributed by atoms with Crippen molar-refractivity contribution in [2.24, 2.45) is 5.73 Å². The quantitative estimate of drug-likeness (QED) is 0.731. The van der Waals surface area contributed by atoms with Gasteiger partial charge in [-0.2, -0.15) is 0 Å². The molecule has 0 saturated carbocycles. The van der Waals surface area contributed by atoms with E-state index in [1.54, 1.807) is 12.4 Å². The molecule has 0 unspecified atom stereocenters. The summed E-state index contributed by atoms with van der Waals surface area (Å²) in [7, 11) is 0. The Kier molecular flexibility index (Phi) is 5.59. The summed E-state index contributed by atoms with van der Waals surface area (Å²) < 4.78 is 0. The lowest BCUT2D eigenvalue weighted by Crippen LogP contribution is -2.36. The van der Waals surface area contributed by atoms with E-state index in [1.165, 1.54) is 12.3 Å². The van der Waals surface area contributed by atoms with Crippen LogP contribution in [-0.2, 0) is 4.79 Å². The third-order valence-electron chi connectivity index (χ3n) is 2.15. The van der Waals surface area contributed by atoms with Gasteiger partial charge in [-0.05, 0) is 31.5 Å². The molecule has 0 aromatic carbocycles. The lowest BCUT2D eigenvalue weighted by molar-refractivity contribution is 0.0944. The van der Waals surface area contributed by atoms with Gasteiger partial charge in [0.15, 0.2) is 0 Å². The Hall–Kier alpha value is -1.46. The highest BCUT2D eigenvalue weighted by atomic mass is 35.5. The highest BCUT2D eigenvalue weighted by Gasteiger charge is 2.15. The monoisotopic (exact) mass is 254 g/mol. The van der Waals surface area contributed by atoms with Gasteiger partial charge in [0.25, 0.3) is 5.91 Å². The lowest BCUT2D eigenvalue weighted by Gasteiger charge is -2.11. The van der Waals surface area contributed by atoms with Crippen molar-refractivity contribution in [1.29, 1.82) is 0 Å². The van der Waals surface area contributed by atoms with Gasteiger partial charge in [-0.1, -0.05) is 11.6 Å². The first-order chi connectivity index (χ1) is 8.19. The molecule has 17 heavy (non-hydrogen) atoms. The normalized spacial score (nSPS) is 11.9. The predicted molar refractivity (Wildman–Crippen MR) is 64.5 cm³/mol. The minimum absolute atomic E-state index is 0.105. The summed E-state index contributed by atoms with van der Waals surface area (Å²) in [5.74, 6) is -0.437. The molecule has 0 aliphatic carbocycles. The van der Waals surface area contributed by atoms with Crippen LogP contribution in [0.5, 0.6) is 0 Å². The van der Waals surface area contributed by atoms with Gasteiger partial charge in [0.05, 0.1) is 11.6 Å². The molecular weight excluding hydrogens is 242 g/mol. The maximum absolute atomic E-state index is 11.8. The molecule has 1 heterocycles. The zero-order valence-corrected chi connectivity index (χ0v) is 9.91. The van der Waals surface area contributed by atoms with Crippen LogP contribution in [0.2, 0.25) is 5.15 Å². The number of pyridine rings is 1. The highest BCUT2D eigenvalue weighted by molar-refractivity contribution is 6.32. The summed E-state index contributed by atoms with van der Waals surface area (Å²) >= 11 is 5.76. The highest BCUT2D eigenvalue weighted by Crippen LogP contribution is 2.11. The van der Waals surface area contributed by atoms with E-state index in [0.717, 1.165) is 0 Å². The molecule has 0 aliphatic heterocycles. The molecule has 0 spiro atoms. The van der Waals surface area contributed by atoms with Crippen molar-refractivity contribution in [3.8, 4) is 0 Å². The summed E-state index contributed by atoms with van der Waals surface area (Å²) in [6.07, 6.45) is 4.34. The Morgan fingerprint density at radius 3 is 3.00 bits per heavy atom. The largest absolute Gasteiger partial charge is 0.342 e. The number of nitrogens with two attached hydrogens (primary N) is 1. The lowest BCUT2D eigenvalue weighted by atomic mass is 10.1. The number of carbonyl (C=O) groups is 1. The molecule has 1 amide bonds. The molecule has 1 aromatic rings. The number of halogens is 1. The molecule has 5 nitrogen and oxygen atoms in total. The summed E-state index contributed by atoms with van der Waals surface area (Å²) in [5.41, 5.74) is 5.56. The summed E-state index contributed by atoms with van der Waals surface area (Å²) in [6.45, 7) is 0.460. The number of nitrogens with one attached hydrogen (secondary N) is 1. The van der Waals surface area contributed by atoms with Crippen molar-refractivity contribution in [2.75, 3.05) is 6.54 Å². The van der Waals surface area contributed by atoms with Crippen LogP contribution in [0.3, 0.4) is 0 Å². The average molecular weight is 255 g/mol. The number of amides is 1. The molecule has 3 N–H and O–H groups in total. The fourth-order valence-electron chi connectivity index (χ4n) is 1.27. The van der Waals surface area contributed by atoms with Gasteiger partial charge in [-0.25, -0.2) is 4.98 Å². The summed E-state index contributed by atoms with van der Waals surface area (Å²) in [4.78, 5) is 26.2. The van der Waals surface area contributed by atoms with E-state index in [-0.39, 0.29) is 10.7 Å². The van der Waals surface area contributed by atoms with E-state index in [2.05, 4.69) is 10.3 Å². The molecule has 0 saturated heterocycles. The Morgan fingerprint density at radius 1 is 1.65 bits per heavy atom. The first-order valence-electron chi connectivity index (χ1n) is 5.18. The number of nitrogens with zero attached hydrogens (tertiary/aromatic N) is 1. The van der Waals surface area contributed by atoms with Crippen LogP contribution >= 0.6 is 11.6 Å². The first kappa shape index (κ1) is 13.6. The second-order valence-electron chi connectivity index (χ2n) is 3.42. The average Bonchev–Trinajstić information content (AvgIpc) is 2.34. The number of aromatic nitrogens is 1. The molecule has 6 heteroatoms. The van der Waals surface area contributed by atoms with Gasteiger partial charge in [-0.15, -0.1) is 0 Å². The molecule has 1 rings (SSSR count). The van der Waals surface area contributed by atoms with Crippen molar-refractivity contribution < 1.29 is 9.59 Å². The zero-order valence-electron chi connectivity index (χ0n) is 9.15. The van der Waals surface area contributed by atoms with Crippen LogP contribution in [0.25, 0.3) is 0 Å². The van der Waals surface area contributed by atoms with Crippen LogP contribution in [0.4, 0.5) is 0 Å². The Bertz CT molecular complexity index is 398. The molecule has 0 aliphatic rings. The maximum atomic E-state index is 11.8. The second-order valence-corrected chi connectivity index (χ2v) is 3.77. The van der Waals surface area contributed by atoms with Crippen LogP contribution in [-0.4, -0.2) is 29.8 Å². The molecule has 0 fully saturated rings. The van der Waals surface area contributed by atoms with Crippen molar-refractivity contribution >= 4 is 23.8 Å². The molecule has 0 bridgehead atoms. The van der Waals surface area contributed by atoms with Gasteiger partial charge in [0.2, 0.25) is 6.29 Å². The molecule has 1 radical (unpaired) electrons. The number of hydrogen-bond acceptors (Lipinski definition) is 4. The van der Waals surface area contributed by atoms with E-state index in [1.807, 2.05) is 0 Å². The Balaban J connectivity index is 2.64. The van der Waals surface area contributed by atoms with E-state index >= 15 is 0 Å². The first-order valence-corrected chi connectivity index (χ1v) is 5.56. The fraction of sp³-hybridized carbons (Fsp3) is 0.364. The van der Waals surface area contributed by atoms with Crippen LogP contribution in [0, 0.1) is 0 Å². The number of hydrogen-bond donors (Lipinski definition) is 2. The Labute approximate surface area is 104 Å². The van der Waals surface area contributed by atoms with E-state index < -0.39 is 11.9 Å². The minimum atomic E-state index is -0.665. The van der Waals surface area contributed by atoms with Crippen LogP contribution in [0.1, 0.15) is 23.2 Å². The van der Waals surface area contributed by atoms with Gasteiger partial charge in [-0.3, -0.25) is 9.59 Å². The molecular formula is C11H13ClN3O2. The Morgan fingerprint density at radius 2 is 2.41 bits per heavy atom. The van der Waals surface area contributed by atoms with Gasteiger partial charge < -0.3 is 11.1 Å². The van der Waals surface area contributed by atoms with E-state index in [4.69, 9.17) is 17.3 Å². The zero-order chi connectivity index (χ0) is 12.7. The maximum Gasteiger partial charge on any atom is 0.255 e. The van der Waals surface area contributed by atoms with Crippen LogP contribution < -0.4 is 11.1 Å². The van der Waals surface area contributed by atoms with Crippen molar-refractivity contribution in [3.63, 3.8) is 0 Å². The van der Waals surface area contributed by atoms with Gasteiger partial charge in [0, 0.05) is 6.20 Å². The SMILES string of the molecule is NCCC[C@H]([C]=O)NC(=O)c1cccnc1Cl. The second kappa shape index (κ2) is 6.98. The number of carbonyl (C=O) groups excluding carboxylic acids is 2. The molecule has 91 valence electrons.